The fraction of sp³-hybridized carbons (Fsp3) is 0.0820. The molecule has 306 valence electrons. The first-order valence-electron chi connectivity index (χ1n) is 22.0. The van der Waals surface area contributed by atoms with Gasteiger partial charge < -0.3 is 9.80 Å². The lowest BCUT2D eigenvalue weighted by Crippen LogP contribution is -2.25. The van der Waals surface area contributed by atoms with E-state index in [0.29, 0.717) is 5.92 Å². The fourth-order valence-corrected chi connectivity index (χ4v) is 8.68. The summed E-state index contributed by atoms with van der Waals surface area (Å²) in [4.78, 5) is 4.81. The van der Waals surface area contributed by atoms with Gasteiger partial charge in [-0.15, -0.1) is 0 Å². The molecule has 0 amide bonds. The molecule has 7 aromatic carbocycles. The molecule has 2 aliphatic rings. The average molecular weight is 813 g/mol. The Kier molecular flexibility index (Phi) is 12.5. The molecule has 7 aromatic rings. The molecule has 1 atom stereocenters. The number of hydrogen-bond donors (Lipinski definition) is 0. The SMILES string of the molecule is C=C/C=C(\C=C)c1ccc(N(c2ccc(-c3ccccc3)cc2)c2ccc(-c3ccc(N(CC4C=C(C5=CCCC=C5)C=CC4)c4ccc(-c5ccccc5)cc4)cc3)cc2)cc1. The van der Waals surface area contributed by atoms with Gasteiger partial charge in [-0.2, -0.15) is 0 Å². The second kappa shape index (κ2) is 19.4. The summed E-state index contributed by atoms with van der Waals surface area (Å²) < 4.78 is 0. The Bertz CT molecular complexity index is 2800. The summed E-state index contributed by atoms with van der Waals surface area (Å²) in [6, 6.07) is 65.7. The van der Waals surface area contributed by atoms with Crippen molar-refractivity contribution < 1.29 is 0 Å². The number of hydrogen-bond acceptors (Lipinski definition) is 2. The Labute approximate surface area is 373 Å². The van der Waals surface area contributed by atoms with E-state index in [0.717, 1.165) is 54.0 Å². The molecular weight excluding hydrogens is 761 g/mol. The van der Waals surface area contributed by atoms with Crippen molar-refractivity contribution in [1.29, 1.82) is 0 Å². The lowest BCUT2D eigenvalue weighted by Gasteiger charge is -2.30. The van der Waals surface area contributed by atoms with Gasteiger partial charge in [0.25, 0.3) is 0 Å². The van der Waals surface area contributed by atoms with Crippen molar-refractivity contribution in [3.63, 3.8) is 0 Å². The van der Waals surface area contributed by atoms with Crippen LogP contribution in [0, 0.1) is 5.92 Å². The highest BCUT2D eigenvalue weighted by Gasteiger charge is 2.19. The van der Waals surface area contributed by atoms with Gasteiger partial charge >= 0.3 is 0 Å². The molecule has 9 rings (SSSR count). The molecule has 0 bridgehead atoms. The van der Waals surface area contributed by atoms with Crippen LogP contribution in [0.25, 0.3) is 39.0 Å². The molecule has 2 nitrogen and oxygen atoms in total. The monoisotopic (exact) mass is 812 g/mol. The second-order valence-corrected chi connectivity index (χ2v) is 16.1. The Morgan fingerprint density at radius 3 is 1.37 bits per heavy atom. The fourth-order valence-electron chi connectivity index (χ4n) is 8.68. The van der Waals surface area contributed by atoms with Gasteiger partial charge in [-0.3, -0.25) is 0 Å². The van der Waals surface area contributed by atoms with Gasteiger partial charge in [-0.05, 0) is 142 Å². The van der Waals surface area contributed by atoms with E-state index in [9.17, 15) is 0 Å². The molecule has 0 radical (unpaired) electrons. The zero-order valence-corrected chi connectivity index (χ0v) is 35.7. The minimum atomic E-state index is 0.378. The quantitative estimate of drug-likeness (QED) is 0.101. The van der Waals surface area contributed by atoms with Crippen LogP contribution in [-0.2, 0) is 0 Å². The topological polar surface area (TPSA) is 6.48 Å². The van der Waals surface area contributed by atoms with E-state index in [-0.39, 0.29) is 0 Å². The van der Waals surface area contributed by atoms with Gasteiger partial charge in [-0.1, -0.05) is 189 Å². The first kappa shape index (κ1) is 40.7. The smallest absolute Gasteiger partial charge is 0.0462 e. The summed E-state index contributed by atoms with van der Waals surface area (Å²) in [6.45, 7) is 8.79. The highest BCUT2D eigenvalue weighted by Crippen LogP contribution is 2.39. The molecule has 0 aliphatic heterocycles. The van der Waals surface area contributed by atoms with E-state index in [1.807, 2.05) is 12.2 Å². The zero-order chi connectivity index (χ0) is 42.8. The molecule has 0 aromatic heterocycles. The number of nitrogens with zero attached hydrogens (tertiary/aromatic N) is 2. The van der Waals surface area contributed by atoms with E-state index < -0.39 is 0 Å². The highest BCUT2D eigenvalue weighted by molar-refractivity contribution is 5.82. The molecule has 0 spiro atoms. The minimum Gasteiger partial charge on any atom is -0.341 e. The van der Waals surface area contributed by atoms with Crippen LogP contribution in [0.15, 0.2) is 261 Å². The predicted octanol–water partition coefficient (Wildman–Crippen LogP) is 16.8. The van der Waals surface area contributed by atoms with Gasteiger partial charge in [0.2, 0.25) is 0 Å². The molecule has 63 heavy (non-hydrogen) atoms. The number of allylic oxidation sites excluding steroid dienone is 11. The number of anilines is 5. The van der Waals surface area contributed by atoms with Gasteiger partial charge in [0.1, 0.15) is 0 Å². The van der Waals surface area contributed by atoms with Gasteiger partial charge in [-0.25, -0.2) is 0 Å². The van der Waals surface area contributed by atoms with Crippen LogP contribution >= 0.6 is 0 Å². The number of rotatable bonds is 14. The van der Waals surface area contributed by atoms with Crippen molar-refractivity contribution in [1.82, 2.24) is 0 Å². The van der Waals surface area contributed by atoms with E-state index in [4.69, 9.17) is 0 Å². The second-order valence-electron chi connectivity index (χ2n) is 16.1. The standard InChI is InChI=1S/C61H52N2/c1-3-15-47(4-2)51-28-38-59(39-29-51)63(60-40-30-53(31-41-60)49-19-10-6-11-20-49)61-42-32-55(33-43-61)54-26-36-58(37-27-54)62(57-34-24-52(25-35-57)48-17-8-5-9-18-48)45-46-16-14-23-56(44-46)50-21-12-7-13-22-50/h3-6,8-12,14-15,17-44,46H,1-2,7,13,16,45H2/b47-15+. The van der Waals surface area contributed by atoms with E-state index in [1.165, 1.54) is 55.9 Å². The molecule has 0 saturated heterocycles. The van der Waals surface area contributed by atoms with Crippen LogP contribution in [0.3, 0.4) is 0 Å². The van der Waals surface area contributed by atoms with E-state index >= 15 is 0 Å². The minimum absolute atomic E-state index is 0.378. The summed E-state index contributed by atoms with van der Waals surface area (Å²) in [5, 5.41) is 0. The zero-order valence-electron chi connectivity index (χ0n) is 35.7. The van der Waals surface area contributed by atoms with Crippen LogP contribution in [0.4, 0.5) is 28.4 Å². The summed E-state index contributed by atoms with van der Waals surface area (Å²) in [5.41, 5.74) is 17.6. The van der Waals surface area contributed by atoms with Crippen LogP contribution in [0.1, 0.15) is 24.8 Å². The largest absolute Gasteiger partial charge is 0.341 e. The normalized spacial score (nSPS) is 14.7. The molecule has 2 heteroatoms. The Balaban J connectivity index is 1.01. The molecule has 0 saturated carbocycles. The first-order valence-corrected chi connectivity index (χ1v) is 22.0. The number of benzene rings is 7. The lowest BCUT2D eigenvalue weighted by molar-refractivity contribution is 0.653. The van der Waals surface area contributed by atoms with Crippen molar-refractivity contribution in [3.05, 3.63) is 267 Å². The highest BCUT2D eigenvalue weighted by atomic mass is 15.1. The van der Waals surface area contributed by atoms with Gasteiger partial charge in [0, 0.05) is 35.0 Å². The van der Waals surface area contributed by atoms with Crippen LogP contribution in [0.5, 0.6) is 0 Å². The molecule has 0 fully saturated rings. The van der Waals surface area contributed by atoms with E-state index in [1.54, 1.807) is 6.08 Å². The third-order valence-corrected chi connectivity index (χ3v) is 12.0. The first-order chi connectivity index (χ1) is 31.1. The summed E-state index contributed by atoms with van der Waals surface area (Å²) in [7, 11) is 0. The average Bonchev–Trinajstić information content (AvgIpc) is 3.37. The van der Waals surface area contributed by atoms with Crippen molar-refractivity contribution in [2.24, 2.45) is 5.92 Å². The van der Waals surface area contributed by atoms with Crippen LogP contribution in [-0.4, -0.2) is 6.54 Å². The third kappa shape index (κ3) is 9.47. The molecule has 0 heterocycles. The predicted molar refractivity (Wildman–Crippen MR) is 271 cm³/mol. The van der Waals surface area contributed by atoms with Crippen molar-refractivity contribution >= 4 is 34.0 Å². The lowest BCUT2D eigenvalue weighted by atomic mass is 9.89. The van der Waals surface area contributed by atoms with E-state index in [2.05, 4.69) is 241 Å². The molecule has 1 unspecified atom stereocenters. The van der Waals surface area contributed by atoms with Gasteiger partial charge in [0.05, 0.1) is 0 Å². The van der Waals surface area contributed by atoms with Crippen LogP contribution < -0.4 is 9.80 Å². The van der Waals surface area contributed by atoms with Gasteiger partial charge in [0.15, 0.2) is 0 Å². The summed E-state index contributed by atoms with van der Waals surface area (Å²) in [5.74, 6) is 0.378. The Hall–Kier alpha value is -7.68. The molecule has 0 N–H and O–H groups in total. The maximum Gasteiger partial charge on any atom is 0.0462 e. The summed E-state index contributed by atoms with van der Waals surface area (Å²) in [6.07, 6.45) is 23.0. The molecule has 2 aliphatic carbocycles. The van der Waals surface area contributed by atoms with Crippen molar-refractivity contribution in [2.45, 2.75) is 19.3 Å². The van der Waals surface area contributed by atoms with Crippen LogP contribution in [0.2, 0.25) is 0 Å². The van der Waals surface area contributed by atoms with Crippen molar-refractivity contribution in [3.8, 4) is 33.4 Å². The molecular formula is C61H52N2. The van der Waals surface area contributed by atoms with Crippen molar-refractivity contribution in [2.75, 3.05) is 16.3 Å². The maximum atomic E-state index is 4.02. The Morgan fingerprint density at radius 1 is 0.476 bits per heavy atom. The third-order valence-electron chi connectivity index (χ3n) is 12.0. The Morgan fingerprint density at radius 2 is 0.921 bits per heavy atom. The maximum absolute atomic E-state index is 4.02. The summed E-state index contributed by atoms with van der Waals surface area (Å²) >= 11 is 0.